The Hall–Kier alpha value is -2.27. The number of benzene rings is 2. The van der Waals surface area contributed by atoms with E-state index in [0.29, 0.717) is 0 Å². The molecule has 0 aromatic heterocycles. The zero-order valence-corrected chi connectivity index (χ0v) is 11.6. The van der Waals surface area contributed by atoms with Gasteiger partial charge in [-0.15, -0.1) is 0 Å². The summed E-state index contributed by atoms with van der Waals surface area (Å²) in [5, 5.41) is 12.7. The maximum absolute atomic E-state index is 9.38. The molecule has 2 aromatic rings. The average Bonchev–Trinajstić information content (AvgIpc) is 2.41. The van der Waals surface area contributed by atoms with Gasteiger partial charge in [0.15, 0.2) is 0 Å². The van der Waals surface area contributed by atoms with Crippen molar-refractivity contribution in [1.82, 2.24) is 0 Å². The molecule has 0 aliphatic carbocycles. The van der Waals surface area contributed by atoms with Gasteiger partial charge in [0.1, 0.15) is 6.04 Å². The molecule has 0 spiro atoms. The highest BCUT2D eigenvalue weighted by Crippen LogP contribution is 2.23. The van der Waals surface area contributed by atoms with Gasteiger partial charge in [0.2, 0.25) is 0 Å². The number of rotatable bonds is 3. The Morgan fingerprint density at radius 1 is 0.947 bits per heavy atom. The molecule has 0 radical (unpaired) electrons. The summed E-state index contributed by atoms with van der Waals surface area (Å²) in [4.78, 5) is 0. The minimum Gasteiger partial charge on any atom is -0.366 e. The van der Waals surface area contributed by atoms with Crippen LogP contribution in [0, 0.1) is 32.1 Å². The summed E-state index contributed by atoms with van der Waals surface area (Å²) in [6.07, 6.45) is 0. The van der Waals surface area contributed by atoms with Crippen molar-refractivity contribution in [3.63, 3.8) is 0 Å². The summed E-state index contributed by atoms with van der Waals surface area (Å²) < 4.78 is 0. The molecular formula is C17H18N2. The molecule has 1 atom stereocenters. The first-order chi connectivity index (χ1) is 9.11. The van der Waals surface area contributed by atoms with Crippen molar-refractivity contribution in [3.05, 3.63) is 64.7 Å². The van der Waals surface area contributed by atoms with Crippen LogP contribution in [0.25, 0.3) is 0 Å². The van der Waals surface area contributed by atoms with Gasteiger partial charge in [0.05, 0.1) is 6.07 Å². The largest absolute Gasteiger partial charge is 0.366 e. The maximum Gasteiger partial charge on any atom is 0.140 e. The van der Waals surface area contributed by atoms with Crippen molar-refractivity contribution in [3.8, 4) is 6.07 Å². The molecule has 19 heavy (non-hydrogen) atoms. The summed E-state index contributed by atoms with van der Waals surface area (Å²) in [5.74, 6) is 0. The molecule has 2 heteroatoms. The van der Waals surface area contributed by atoms with Crippen molar-refractivity contribution in [2.75, 3.05) is 5.32 Å². The molecule has 1 unspecified atom stereocenters. The maximum atomic E-state index is 9.38. The van der Waals surface area contributed by atoms with E-state index in [1.807, 2.05) is 37.3 Å². The molecule has 0 bridgehead atoms. The smallest absolute Gasteiger partial charge is 0.140 e. The summed E-state index contributed by atoms with van der Waals surface area (Å²) in [5.41, 5.74) is 5.62. The molecule has 2 aromatic carbocycles. The Balaban J connectivity index is 2.28. The molecule has 1 N–H and O–H groups in total. The highest BCUT2D eigenvalue weighted by molar-refractivity contribution is 5.53. The topological polar surface area (TPSA) is 35.8 Å². The van der Waals surface area contributed by atoms with Gasteiger partial charge < -0.3 is 5.32 Å². The first-order valence-electron chi connectivity index (χ1n) is 6.41. The molecular weight excluding hydrogens is 232 g/mol. The standard InChI is InChI=1S/C17H18N2/c1-12-8-9-15(10-14(12)3)17(11-18)19-16-7-5-4-6-13(16)2/h4-10,17,19H,1-3H3. The van der Waals surface area contributed by atoms with Crippen LogP contribution >= 0.6 is 0 Å². The van der Waals surface area contributed by atoms with Crippen molar-refractivity contribution in [1.29, 1.82) is 5.26 Å². The lowest BCUT2D eigenvalue weighted by Crippen LogP contribution is -2.09. The van der Waals surface area contributed by atoms with Gasteiger partial charge in [-0.1, -0.05) is 36.4 Å². The summed E-state index contributed by atoms with van der Waals surface area (Å²) >= 11 is 0. The SMILES string of the molecule is Cc1ccc(C(C#N)Nc2ccccc2C)cc1C. The number of aryl methyl sites for hydroxylation is 3. The molecule has 0 heterocycles. The lowest BCUT2D eigenvalue weighted by atomic mass is 10.0. The van der Waals surface area contributed by atoms with E-state index in [1.54, 1.807) is 0 Å². The van der Waals surface area contributed by atoms with E-state index in [-0.39, 0.29) is 6.04 Å². The van der Waals surface area contributed by atoms with E-state index in [4.69, 9.17) is 0 Å². The highest BCUT2D eigenvalue weighted by atomic mass is 14.9. The summed E-state index contributed by atoms with van der Waals surface area (Å²) in [6, 6.07) is 16.2. The van der Waals surface area contributed by atoms with Crippen molar-refractivity contribution in [2.24, 2.45) is 0 Å². The highest BCUT2D eigenvalue weighted by Gasteiger charge is 2.11. The number of nitriles is 1. The van der Waals surface area contributed by atoms with Crippen LogP contribution < -0.4 is 5.32 Å². The predicted molar refractivity (Wildman–Crippen MR) is 79.1 cm³/mol. The normalized spacial score (nSPS) is 11.7. The third-order valence-electron chi connectivity index (χ3n) is 3.44. The molecule has 0 saturated heterocycles. The van der Waals surface area contributed by atoms with E-state index >= 15 is 0 Å². The van der Waals surface area contributed by atoms with Crippen LogP contribution in [0.5, 0.6) is 0 Å². The van der Waals surface area contributed by atoms with Gasteiger partial charge in [-0.25, -0.2) is 0 Å². The Kier molecular flexibility index (Phi) is 3.87. The molecule has 2 rings (SSSR count). The Labute approximate surface area is 114 Å². The Morgan fingerprint density at radius 2 is 1.68 bits per heavy atom. The number of nitrogens with zero attached hydrogens (tertiary/aromatic N) is 1. The van der Waals surface area contributed by atoms with Gasteiger partial charge in [0.25, 0.3) is 0 Å². The number of hydrogen-bond donors (Lipinski definition) is 1. The van der Waals surface area contributed by atoms with Crippen LogP contribution in [-0.4, -0.2) is 0 Å². The van der Waals surface area contributed by atoms with Crippen LogP contribution in [0.2, 0.25) is 0 Å². The second-order valence-corrected chi connectivity index (χ2v) is 4.87. The first-order valence-corrected chi connectivity index (χ1v) is 6.41. The zero-order chi connectivity index (χ0) is 13.8. The van der Waals surface area contributed by atoms with Gasteiger partial charge in [0, 0.05) is 5.69 Å². The van der Waals surface area contributed by atoms with E-state index in [1.165, 1.54) is 11.1 Å². The molecule has 0 saturated carbocycles. The second-order valence-electron chi connectivity index (χ2n) is 4.87. The molecule has 0 fully saturated rings. The third kappa shape index (κ3) is 2.95. The van der Waals surface area contributed by atoms with Gasteiger partial charge >= 0.3 is 0 Å². The lowest BCUT2D eigenvalue weighted by Gasteiger charge is -2.16. The summed E-state index contributed by atoms with van der Waals surface area (Å²) in [6.45, 7) is 6.19. The minimum atomic E-state index is -0.319. The van der Waals surface area contributed by atoms with Gasteiger partial charge in [-0.2, -0.15) is 5.26 Å². The number of anilines is 1. The van der Waals surface area contributed by atoms with Crippen LogP contribution in [0.1, 0.15) is 28.3 Å². The fraction of sp³-hybridized carbons (Fsp3) is 0.235. The minimum absolute atomic E-state index is 0.319. The second kappa shape index (κ2) is 5.58. The summed E-state index contributed by atoms with van der Waals surface area (Å²) in [7, 11) is 0. The fourth-order valence-corrected chi connectivity index (χ4v) is 2.02. The van der Waals surface area contributed by atoms with Crippen molar-refractivity contribution in [2.45, 2.75) is 26.8 Å². The van der Waals surface area contributed by atoms with Crippen LogP contribution in [0.4, 0.5) is 5.69 Å². The van der Waals surface area contributed by atoms with E-state index < -0.39 is 0 Å². The monoisotopic (exact) mass is 250 g/mol. The number of hydrogen-bond acceptors (Lipinski definition) is 2. The third-order valence-corrected chi connectivity index (χ3v) is 3.44. The Morgan fingerprint density at radius 3 is 2.32 bits per heavy atom. The quantitative estimate of drug-likeness (QED) is 0.882. The molecule has 96 valence electrons. The van der Waals surface area contributed by atoms with Gasteiger partial charge in [-0.05, 0) is 49.1 Å². The van der Waals surface area contributed by atoms with Gasteiger partial charge in [-0.3, -0.25) is 0 Å². The Bertz CT molecular complexity index is 623. The molecule has 0 amide bonds. The lowest BCUT2D eigenvalue weighted by molar-refractivity contribution is 0.988. The predicted octanol–water partition coefficient (Wildman–Crippen LogP) is 4.29. The van der Waals surface area contributed by atoms with E-state index in [9.17, 15) is 5.26 Å². The van der Waals surface area contributed by atoms with Crippen LogP contribution in [-0.2, 0) is 0 Å². The van der Waals surface area contributed by atoms with Crippen molar-refractivity contribution >= 4 is 5.69 Å². The zero-order valence-electron chi connectivity index (χ0n) is 11.6. The fourth-order valence-electron chi connectivity index (χ4n) is 2.02. The number of para-hydroxylation sites is 1. The van der Waals surface area contributed by atoms with Crippen molar-refractivity contribution < 1.29 is 0 Å². The molecule has 0 aliphatic rings. The number of nitrogens with one attached hydrogen (secondary N) is 1. The molecule has 2 nitrogen and oxygen atoms in total. The van der Waals surface area contributed by atoms with E-state index in [2.05, 4.69) is 37.4 Å². The first kappa shape index (κ1) is 13.2. The van der Waals surface area contributed by atoms with E-state index in [0.717, 1.165) is 16.8 Å². The molecule has 0 aliphatic heterocycles. The average molecular weight is 250 g/mol. The van der Waals surface area contributed by atoms with Crippen LogP contribution in [0.15, 0.2) is 42.5 Å². The van der Waals surface area contributed by atoms with Crippen LogP contribution in [0.3, 0.4) is 0 Å².